The van der Waals surface area contributed by atoms with Gasteiger partial charge in [-0.3, -0.25) is 4.79 Å². The van der Waals surface area contributed by atoms with Crippen molar-refractivity contribution in [1.82, 2.24) is 0 Å². The van der Waals surface area contributed by atoms with E-state index >= 15 is 0 Å². The maximum absolute atomic E-state index is 11.6. The molecular formula is C17H11NOS2. The maximum atomic E-state index is 11.6. The van der Waals surface area contributed by atoms with Crippen molar-refractivity contribution in [1.29, 1.82) is 0 Å². The van der Waals surface area contributed by atoms with Crippen LogP contribution in [-0.4, -0.2) is 5.91 Å². The van der Waals surface area contributed by atoms with Gasteiger partial charge in [-0.2, -0.15) is 0 Å². The summed E-state index contributed by atoms with van der Waals surface area (Å²) in [6.07, 6.45) is 0. The van der Waals surface area contributed by atoms with Crippen molar-refractivity contribution in [3.8, 4) is 21.6 Å². The molecule has 0 saturated carbocycles. The third kappa shape index (κ3) is 1.99. The molecule has 0 saturated heterocycles. The van der Waals surface area contributed by atoms with Gasteiger partial charge in [-0.05, 0) is 23.8 Å². The molecule has 1 aliphatic heterocycles. The van der Waals surface area contributed by atoms with Crippen LogP contribution in [0, 0.1) is 0 Å². The third-order valence-electron chi connectivity index (χ3n) is 3.50. The van der Waals surface area contributed by atoms with E-state index in [1.54, 1.807) is 11.8 Å². The molecule has 0 unspecified atom stereocenters. The quantitative estimate of drug-likeness (QED) is 0.556. The topological polar surface area (TPSA) is 43.1 Å². The highest BCUT2D eigenvalue weighted by Crippen LogP contribution is 2.50. The summed E-state index contributed by atoms with van der Waals surface area (Å²) in [5.74, 6) is -0.365. The lowest BCUT2D eigenvalue weighted by Crippen LogP contribution is -2.08. The minimum atomic E-state index is -0.365. The van der Waals surface area contributed by atoms with Crippen LogP contribution in [-0.2, 0) is 0 Å². The Bertz CT molecular complexity index is 804. The molecule has 2 nitrogen and oxygen atoms in total. The average Bonchev–Trinajstić information content (AvgIpc) is 2.89. The Morgan fingerprint density at radius 1 is 0.857 bits per heavy atom. The van der Waals surface area contributed by atoms with E-state index in [9.17, 15) is 4.79 Å². The van der Waals surface area contributed by atoms with E-state index in [1.165, 1.54) is 26.7 Å². The van der Waals surface area contributed by atoms with Gasteiger partial charge in [0.1, 0.15) is 0 Å². The van der Waals surface area contributed by atoms with Crippen molar-refractivity contribution >= 4 is 29.0 Å². The number of fused-ring (bicyclic) bond motifs is 5. The summed E-state index contributed by atoms with van der Waals surface area (Å²) in [5, 5.41) is 0. The van der Waals surface area contributed by atoms with Crippen molar-refractivity contribution in [2.45, 2.75) is 9.79 Å². The first-order valence-electron chi connectivity index (χ1n) is 6.54. The summed E-state index contributed by atoms with van der Waals surface area (Å²) < 4.78 is 0. The first kappa shape index (κ1) is 12.7. The van der Waals surface area contributed by atoms with Crippen LogP contribution in [0.5, 0.6) is 0 Å². The van der Waals surface area contributed by atoms with Crippen molar-refractivity contribution in [2.75, 3.05) is 0 Å². The molecule has 0 aliphatic carbocycles. The monoisotopic (exact) mass is 309 g/mol. The normalized spacial score (nSPS) is 12.0. The van der Waals surface area contributed by atoms with E-state index in [1.807, 2.05) is 30.3 Å². The number of benzene rings is 2. The molecule has 1 aliphatic rings. The summed E-state index contributed by atoms with van der Waals surface area (Å²) in [6, 6.07) is 18.5. The molecule has 1 aromatic heterocycles. The van der Waals surface area contributed by atoms with Crippen LogP contribution < -0.4 is 5.73 Å². The zero-order valence-electron chi connectivity index (χ0n) is 11.0. The molecule has 102 valence electrons. The average molecular weight is 309 g/mol. The molecule has 2 aromatic carbocycles. The van der Waals surface area contributed by atoms with Crippen LogP contribution in [0.15, 0.2) is 64.4 Å². The summed E-state index contributed by atoms with van der Waals surface area (Å²) in [5.41, 5.74) is 8.91. The van der Waals surface area contributed by atoms with E-state index < -0.39 is 0 Å². The molecule has 0 fully saturated rings. The summed E-state index contributed by atoms with van der Waals surface area (Å²) >= 11 is 3.24. The lowest BCUT2D eigenvalue weighted by Gasteiger charge is -2.05. The molecule has 3 aromatic rings. The molecule has 1 amide bonds. The Morgan fingerprint density at radius 2 is 1.48 bits per heavy atom. The van der Waals surface area contributed by atoms with Crippen LogP contribution in [0.1, 0.15) is 9.67 Å². The lowest BCUT2D eigenvalue weighted by molar-refractivity contribution is 0.100. The van der Waals surface area contributed by atoms with Gasteiger partial charge in [-0.15, -0.1) is 11.3 Å². The molecule has 0 atom stereocenters. The largest absolute Gasteiger partial charge is 0.365 e. The summed E-state index contributed by atoms with van der Waals surface area (Å²) in [7, 11) is 0. The van der Waals surface area contributed by atoms with E-state index in [0.717, 1.165) is 16.0 Å². The van der Waals surface area contributed by atoms with Crippen molar-refractivity contribution < 1.29 is 4.79 Å². The van der Waals surface area contributed by atoms with Gasteiger partial charge in [0.15, 0.2) is 0 Å². The van der Waals surface area contributed by atoms with Gasteiger partial charge < -0.3 is 5.73 Å². The van der Waals surface area contributed by atoms with Crippen molar-refractivity contribution in [2.24, 2.45) is 5.73 Å². The number of nitrogens with two attached hydrogens (primary N) is 1. The zero-order chi connectivity index (χ0) is 14.4. The van der Waals surface area contributed by atoms with Gasteiger partial charge in [0.05, 0.1) is 4.88 Å². The highest BCUT2D eigenvalue weighted by molar-refractivity contribution is 7.99. The van der Waals surface area contributed by atoms with Gasteiger partial charge in [0, 0.05) is 25.8 Å². The molecular weight excluding hydrogens is 298 g/mol. The highest BCUT2D eigenvalue weighted by Gasteiger charge is 2.23. The van der Waals surface area contributed by atoms with E-state index in [4.69, 9.17) is 5.73 Å². The number of rotatable bonds is 1. The summed E-state index contributed by atoms with van der Waals surface area (Å²) in [6.45, 7) is 0. The highest BCUT2D eigenvalue weighted by atomic mass is 32.2. The number of thiophene rings is 1. The Hall–Kier alpha value is -2.04. The Balaban J connectivity index is 2.09. The molecule has 0 radical (unpaired) electrons. The minimum Gasteiger partial charge on any atom is -0.365 e. The van der Waals surface area contributed by atoms with Gasteiger partial charge in [-0.1, -0.05) is 48.2 Å². The fourth-order valence-corrected chi connectivity index (χ4v) is 4.78. The fraction of sp³-hybridized carbons (Fsp3) is 0. The van der Waals surface area contributed by atoms with Gasteiger partial charge in [0.25, 0.3) is 5.91 Å². The van der Waals surface area contributed by atoms with Crippen LogP contribution in [0.3, 0.4) is 0 Å². The van der Waals surface area contributed by atoms with Gasteiger partial charge in [0.2, 0.25) is 0 Å². The number of hydrogen-bond acceptors (Lipinski definition) is 3. The van der Waals surface area contributed by atoms with E-state index in [-0.39, 0.29) is 5.91 Å². The SMILES string of the molecule is NC(=O)c1cc2c(s1)-c1ccccc1Sc1ccccc1-2. The van der Waals surface area contributed by atoms with Crippen LogP contribution in [0.4, 0.5) is 0 Å². The molecule has 4 heteroatoms. The van der Waals surface area contributed by atoms with Crippen molar-refractivity contribution in [3.63, 3.8) is 0 Å². The predicted octanol–water partition coefficient (Wildman–Crippen LogP) is 4.65. The molecule has 0 bridgehead atoms. The van der Waals surface area contributed by atoms with Crippen LogP contribution in [0.2, 0.25) is 0 Å². The van der Waals surface area contributed by atoms with E-state index in [2.05, 4.69) is 24.3 Å². The smallest absolute Gasteiger partial charge is 0.258 e. The molecule has 4 rings (SSSR count). The number of amides is 1. The second kappa shape index (κ2) is 4.76. The Kier molecular flexibility index (Phi) is 2.87. The molecule has 21 heavy (non-hydrogen) atoms. The molecule has 2 N–H and O–H groups in total. The Labute approximate surface area is 130 Å². The molecule has 0 spiro atoms. The first-order chi connectivity index (χ1) is 10.2. The minimum absolute atomic E-state index is 0.365. The number of primary amides is 1. The standard InChI is InChI=1S/C17H11NOS2/c18-17(19)15-9-12-10-5-1-3-7-13(10)20-14-8-4-2-6-11(14)16(12)21-15/h1-9H,(H2,18,19). The number of carbonyl (C=O) groups is 1. The van der Waals surface area contributed by atoms with Crippen LogP contribution in [0.25, 0.3) is 21.6 Å². The van der Waals surface area contributed by atoms with E-state index in [0.29, 0.717) is 4.88 Å². The maximum Gasteiger partial charge on any atom is 0.258 e. The number of carbonyl (C=O) groups excluding carboxylic acids is 1. The second-order valence-corrected chi connectivity index (χ2v) is 6.95. The molecule has 2 heterocycles. The Morgan fingerprint density at radius 3 is 2.19 bits per heavy atom. The van der Waals surface area contributed by atoms with Crippen LogP contribution >= 0.6 is 23.1 Å². The van der Waals surface area contributed by atoms with Gasteiger partial charge >= 0.3 is 0 Å². The first-order valence-corrected chi connectivity index (χ1v) is 8.17. The fourth-order valence-electron chi connectivity index (χ4n) is 2.55. The van der Waals surface area contributed by atoms with Gasteiger partial charge in [-0.25, -0.2) is 0 Å². The third-order valence-corrected chi connectivity index (χ3v) is 5.84. The predicted molar refractivity (Wildman–Crippen MR) is 87.8 cm³/mol. The summed E-state index contributed by atoms with van der Waals surface area (Å²) in [4.78, 5) is 15.7. The number of hydrogen-bond donors (Lipinski definition) is 1. The second-order valence-electron chi connectivity index (χ2n) is 4.81. The lowest BCUT2D eigenvalue weighted by atomic mass is 10.0. The zero-order valence-corrected chi connectivity index (χ0v) is 12.6. The van der Waals surface area contributed by atoms with Crippen molar-refractivity contribution in [3.05, 3.63) is 59.5 Å².